The number of aromatic nitrogens is 3. The second-order valence-corrected chi connectivity index (χ2v) is 5.63. The average Bonchev–Trinajstić information content (AvgIpc) is 3.11. The van der Waals surface area contributed by atoms with Gasteiger partial charge >= 0.3 is 0 Å². The minimum absolute atomic E-state index is 0.679. The van der Waals surface area contributed by atoms with E-state index >= 15 is 0 Å². The first-order chi connectivity index (χ1) is 11.8. The Morgan fingerprint density at radius 1 is 1.12 bits per heavy atom. The molecule has 24 heavy (non-hydrogen) atoms. The molecule has 1 fully saturated rings. The monoisotopic (exact) mass is 337 g/mol. The van der Waals surface area contributed by atoms with Crippen LogP contribution in [-0.4, -0.2) is 46.1 Å². The van der Waals surface area contributed by atoms with Crippen molar-refractivity contribution in [3.05, 3.63) is 42.6 Å². The van der Waals surface area contributed by atoms with Crippen LogP contribution in [-0.2, 0) is 4.74 Å². The van der Waals surface area contributed by atoms with Crippen LogP contribution in [0.2, 0.25) is 0 Å². The van der Waals surface area contributed by atoms with Crippen LogP contribution < -0.4 is 4.90 Å². The number of rotatable bonds is 3. The number of thiocarbonyl (C=S) groups is 1. The quantitative estimate of drug-likeness (QED) is 0.543. The highest BCUT2D eigenvalue weighted by Crippen LogP contribution is 2.25. The number of nitrogens with zero attached hydrogens (tertiary/aromatic N) is 5. The van der Waals surface area contributed by atoms with Crippen molar-refractivity contribution >= 4 is 34.4 Å². The molecule has 1 aliphatic heterocycles. The van der Waals surface area contributed by atoms with E-state index in [2.05, 4.69) is 32.4 Å². The Balaban J connectivity index is 1.79. The van der Waals surface area contributed by atoms with Crippen LogP contribution in [0.15, 0.2) is 47.6 Å². The minimum Gasteiger partial charge on any atom is -0.378 e. The van der Waals surface area contributed by atoms with E-state index in [0.717, 1.165) is 48.9 Å². The van der Waals surface area contributed by atoms with Crippen molar-refractivity contribution in [2.45, 2.75) is 0 Å². The first-order valence-electron chi connectivity index (χ1n) is 7.71. The molecule has 0 saturated carbocycles. The highest BCUT2D eigenvalue weighted by molar-refractivity contribution is 7.78. The molecule has 0 N–H and O–H groups in total. The van der Waals surface area contributed by atoms with Gasteiger partial charge in [0.2, 0.25) is 0 Å². The standard InChI is InChI=1S/C17H15N5OS/c24-12-18-14-5-3-13(4-6-14)16-19-17(21-8-10-23-11-9-21)15-2-1-7-22(15)20-16/h1-7H,8-11H2. The van der Waals surface area contributed by atoms with Crippen LogP contribution in [0.5, 0.6) is 0 Å². The van der Waals surface area contributed by atoms with Gasteiger partial charge in [0.1, 0.15) is 5.52 Å². The summed E-state index contributed by atoms with van der Waals surface area (Å²) in [5.74, 6) is 1.62. The van der Waals surface area contributed by atoms with Gasteiger partial charge in [-0.2, -0.15) is 4.99 Å². The van der Waals surface area contributed by atoms with E-state index < -0.39 is 0 Å². The molecule has 0 bridgehead atoms. The van der Waals surface area contributed by atoms with E-state index in [0.29, 0.717) is 5.82 Å². The normalized spacial score (nSPS) is 14.6. The zero-order valence-electron chi connectivity index (χ0n) is 12.9. The lowest BCUT2D eigenvalue weighted by atomic mass is 10.2. The maximum Gasteiger partial charge on any atom is 0.182 e. The smallest absolute Gasteiger partial charge is 0.182 e. The highest BCUT2D eigenvalue weighted by atomic mass is 32.1. The van der Waals surface area contributed by atoms with Crippen molar-refractivity contribution in [2.24, 2.45) is 4.99 Å². The molecule has 120 valence electrons. The fraction of sp³-hybridized carbons (Fsp3) is 0.235. The summed E-state index contributed by atoms with van der Waals surface area (Å²) in [5.41, 5.74) is 2.70. The second kappa shape index (κ2) is 6.49. The van der Waals surface area contributed by atoms with Gasteiger partial charge in [0, 0.05) is 24.8 Å². The number of ether oxygens (including phenoxy) is 1. The first-order valence-corrected chi connectivity index (χ1v) is 8.12. The molecule has 1 aromatic carbocycles. The van der Waals surface area contributed by atoms with Crippen LogP contribution in [0.3, 0.4) is 0 Å². The molecule has 7 heteroatoms. The van der Waals surface area contributed by atoms with Gasteiger partial charge in [0.15, 0.2) is 11.6 Å². The Morgan fingerprint density at radius 3 is 2.67 bits per heavy atom. The molecule has 0 amide bonds. The van der Waals surface area contributed by atoms with Gasteiger partial charge in [-0.3, -0.25) is 0 Å². The van der Waals surface area contributed by atoms with Crippen LogP contribution in [0, 0.1) is 0 Å². The van der Waals surface area contributed by atoms with Crippen molar-refractivity contribution in [3.8, 4) is 11.4 Å². The van der Waals surface area contributed by atoms with Crippen LogP contribution in [0.1, 0.15) is 0 Å². The van der Waals surface area contributed by atoms with Crippen molar-refractivity contribution < 1.29 is 4.74 Å². The summed E-state index contributed by atoms with van der Waals surface area (Å²) in [6.07, 6.45) is 1.94. The Kier molecular flexibility index (Phi) is 4.04. The molecule has 1 aliphatic rings. The van der Waals surface area contributed by atoms with Crippen LogP contribution in [0.25, 0.3) is 16.9 Å². The van der Waals surface area contributed by atoms with Gasteiger partial charge in [-0.05, 0) is 48.6 Å². The number of morpholine rings is 1. The number of benzene rings is 1. The molecule has 0 spiro atoms. The molecule has 0 radical (unpaired) electrons. The zero-order valence-corrected chi connectivity index (χ0v) is 13.7. The van der Waals surface area contributed by atoms with Gasteiger partial charge in [0.05, 0.1) is 24.1 Å². The van der Waals surface area contributed by atoms with Gasteiger partial charge in [-0.25, -0.2) is 9.50 Å². The number of anilines is 1. The molecule has 3 heterocycles. The van der Waals surface area contributed by atoms with E-state index in [4.69, 9.17) is 9.72 Å². The number of hydrogen-bond donors (Lipinski definition) is 0. The van der Waals surface area contributed by atoms with Gasteiger partial charge in [-0.15, -0.1) is 5.10 Å². The maximum atomic E-state index is 5.45. The molecule has 2 aromatic heterocycles. The average molecular weight is 337 g/mol. The first kappa shape index (κ1) is 15.0. The lowest BCUT2D eigenvalue weighted by Crippen LogP contribution is -2.37. The van der Waals surface area contributed by atoms with Crippen molar-refractivity contribution in [2.75, 3.05) is 31.2 Å². The summed E-state index contributed by atoms with van der Waals surface area (Å²) in [6.45, 7) is 3.10. The summed E-state index contributed by atoms with van der Waals surface area (Å²) in [6, 6.07) is 11.7. The summed E-state index contributed by atoms with van der Waals surface area (Å²) < 4.78 is 7.32. The van der Waals surface area contributed by atoms with E-state index in [1.165, 1.54) is 0 Å². The molecule has 0 aliphatic carbocycles. The molecule has 1 saturated heterocycles. The van der Waals surface area contributed by atoms with Crippen molar-refractivity contribution in [1.82, 2.24) is 14.6 Å². The largest absolute Gasteiger partial charge is 0.378 e. The predicted molar refractivity (Wildman–Crippen MR) is 96.1 cm³/mol. The fourth-order valence-electron chi connectivity index (χ4n) is 2.79. The summed E-state index contributed by atoms with van der Waals surface area (Å²) >= 11 is 4.63. The van der Waals surface area contributed by atoms with Gasteiger partial charge < -0.3 is 9.64 Å². The van der Waals surface area contributed by atoms with E-state index in [9.17, 15) is 0 Å². The van der Waals surface area contributed by atoms with E-state index in [1.54, 1.807) is 0 Å². The summed E-state index contributed by atoms with van der Waals surface area (Å²) in [7, 11) is 0. The van der Waals surface area contributed by atoms with Gasteiger partial charge in [0.25, 0.3) is 0 Å². The molecule has 4 rings (SSSR count). The SMILES string of the molecule is S=C=Nc1ccc(-c2nc(N3CCOCC3)c3cccn3n2)cc1. The highest BCUT2D eigenvalue weighted by Gasteiger charge is 2.18. The summed E-state index contributed by atoms with van der Waals surface area (Å²) in [5, 5.41) is 6.99. The molecule has 0 unspecified atom stereocenters. The van der Waals surface area contributed by atoms with Crippen molar-refractivity contribution in [3.63, 3.8) is 0 Å². The fourth-order valence-corrected chi connectivity index (χ4v) is 2.89. The Morgan fingerprint density at radius 2 is 1.92 bits per heavy atom. The third kappa shape index (κ3) is 2.80. The molecular weight excluding hydrogens is 322 g/mol. The topological polar surface area (TPSA) is 55.0 Å². The Bertz CT molecular complexity index is 908. The van der Waals surface area contributed by atoms with Crippen LogP contribution >= 0.6 is 12.2 Å². The lowest BCUT2D eigenvalue weighted by Gasteiger charge is -2.28. The minimum atomic E-state index is 0.679. The maximum absolute atomic E-state index is 5.45. The predicted octanol–water partition coefficient (Wildman–Crippen LogP) is 2.97. The number of hydrogen-bond acceptors (Lipinski definition) is 6. The number of fused-ring (bicyclic) bond motifs is 1. The van der Waals surface area contributed by atoms with Crippen LogP contribution in [0.4, 0.5) is 11.5 Å². The summed E-state index contributed by atoms with van der Waals surface area (Å²) in [4.78, 5) is 11.0. The van der Waals surface area contributed by atoms with Gasteiger partial charge in [-0.1, -0.05) is 0 Å². The molecular formula is C17H15N5OS. The Labute approximate surface area is 144 Å². The molecule has 6 nitrogen and oxygen atoms in total. The Hall–Kier alpha value is -2.60. The second-order valence-electron chi connectivity index (χ2n) is 5.45. The van der Waals surface area contributed by atoms with Crippen molar-refractivity contribution in [1.29, 1.82) is 0 Å². The van der Waals surface area contributed by atoms with E-state index in [-0.39, 0.29) is 0 Å². The third-order valence-electron chi connectivity index (χ3n) is 3.98. The zero-order chi connectivity index (χ0) is 16.4. The number of isothiocyanates is 1. The number of aliphatic imine (C=N–C) groups is 1. The van der Waals surface area contributed by atoms with E-state index in [1.807, 2.05) is 47.1 Å². The lowest BCUT2D eigenvalue weighted by molar-refractivity contribution is 0.122. The molecule has 0 atom stereocenters. The third-order valence-corrected chi connectivity index (χ3v) is 4.07. The molecule has 3 aromatic rings.